The van der Waals surface area contributed by atoms with Gasteiger partial charge in [-0.15, -0.1) is 0 Å². The lowest BCUT2D eigenvalue weighted by molar-refractivity contribution is 0.899. The first-order chi connectivity index (χ1) is 9.58. The average Bonchev–Trinajstić information content (AvgIpc) is 2.40. The monoisotopic (exact) mass is 270 g/mol. The Morgan fingerprint density at radius 3 is 1.10 bits per heavy atom. The Balaban J connectivity index is 0.000000200. The van der Waals surface area contributed by atoms with Crippen LogP contribution in [-0.2, 0) is 0 Å². The minimum absolute atomic E-state index is 0.516. The number of rotatable bonds is 4. The molecule has 0 aromatic heterocycles. The summed E-state index contributed by atoms with van der Waals surface area (Å²) in [6.45, 7) is 8.53. The molecule has 2 aromatic rings. The molecule has 0 aliphatic carbocycles. The molecule has 2 heteroatoms. The number of hydrogen-bond donors (Lipinski definition) is 2. The zero-order valence-corrected chi connectivity index (χ0v) is 12.9. The van der Waals surface area contributed by atoms with Crippen molar-refractivity contribution in [2.45, 2.75) is 39.8 Å². The normalized spacial score (nSPS) is 9.90. The van der Waals surface area contributed by atoms with E-state index in [1.54, 1.807) is 0 Å². The topological polar surface area (TPSA) is 24.1 Å². The highest BCUT2D eigenvalue weighted by molar-refractivity contribution is 5.43. The number of nitrogens with one attached hydrogen (secondary N) is 2. The molecule has 0 aliphatic rings. The Hall–Kier alpha value is -1.96. The van der Waals surface area contributed by atoms with Crippen LogP contribution in [0.1, 0.15) is 27.7 Å². The van der Waals surface area contributed by atoms with Gasteiger partial charge < -0.3 is 10.6 Å². The highest BCUT2D eigenvalue weighted by Crippen LogP contribution is 2.06. The van der Waals surface area contributed by atoms with E-state index in [1.165, 1.54) is 11.4 Å². The largest absolute Gasteiger partial charge is 0.383 e. The van der Waals surface area contributed by atoms with Gasteiger partial charge in [-0.05, 0) is 52.0 Å². The molecule has 2 aromatic carbocycles. The first kappa shape index (κ1) is 16.1. The summed E-state index contributed by atoms with van der Waals surface area (Å²) in [6, 6.07) is 21.5. The van der Waals surface area contributed by atoms with Crippen molar-refractivity contribution in [1.82, 2.24) is 0 Å². The van der Waals surface area contributed by atoms with Gasteiger partial charge in [0.1, 0.15) is 0 Å². The van der Waals surface area contributed by atoms with Gasteiger partial charge in [-0.1, -0.05) is 36.4 Å². The predicted molar refractivity (Wildman–Crippen MR) is 90.4 cm³/mol. The van der Waals surface area contributed by atoms with Crippen LogP contribution in [0.3, 0.4) is 0 Å². The van der Waals surface area contributed by atoms with Crippen LogP contribution in [-0.4, -0.2) is 12.1 Å². The average molecular weight is 270 g/mol. The molecule has 0 amide bonds. The predicted octanol–water partition coefficient (Wildman–Crippen LogP) is 5.01. The van der Waals surface area contributed by atoms with E-state index in [0.717, 1.165) is 0 Å². The van der Waals surface area contributed by atoms with Gasteiger partial charge in [0.2, 0.25) is 0 Å². The minimum Gasteiger partial charge on any atom is -0.383 e. The van der Waals surface area contributed by atoms with E-state index in [1.807, 2.05) is 36.4 Å². The van der Waals surface area contributed by atoms with Crippen LogP contribution < -0.4 is 10.6 Å². The van der Waals surface area contributed by atoms with Crippen LogP contribution in [0.4, 0.5) is 11.4 Å². The van der Waals surface area contributed by atoms with Crippen LogP contribution in [0.5, 0.6) is 0 Å². The quantitative estimate of drug-likeness (QED) is 0.815. The van der Waals surface area contributed by atoms with Crippen molar-refractivity contribution in [3.8, 4) is 0 Å². The lowest BCUT2D eigenvalue weighted by Crippen LogP contribution is -2.08. The maximum atomic E-state index is 3.30. The molecule has 0 fully saturated rings. The summed E-state index contributed by atoms with van der Waals surface area (Å²) < 4.78 is 0. The lowest BCUT2D eigenvalue weighted by atomic mass is 10.3. The molecule has 0 saturated heterocycles. The standard InChI is InChI=1S/2C9H13N/c2*1-8(2)10-9-6-4-3-5-7-9/h2*3-8,10H,1-2H3. The molecule has 20 heavy (non-hydrogen) atoms. The van der Waals surface area contributed by atoms with Crippen molar-refractivity contribution < 1.29 is 0 Å². The van der Waals surface area contributed by atoms with Gasteiger partial charge in [-0.25, -0.2) is 0 Å². The van der Waals surface area contributed by atoms with Crippen molar-refractivity contribution in [2.75, 3.05) is 10.6 Å². The second-order valence-electron chi connectivity index (χ2n) is 5.33. The fraction of sp³-hybridized carbons (Fsp3) is 0.333. The molecule has 0 unspecified atom stereocenters. The summed E-state index contributed by atoms with van der Waals surface area (Å²) in [4.78, 5) is 0. The lowest BCUT2D eigenvalue weighted by Gasteiger charge is -2.08. The van der Waals surface area contributed by atoms with E-state index in [0.29, 0.717) is 12.1 Å². The van der Waals surface area contributed by atoms with Gasteiger partial charge >= 0.3 is 0 Å². The molecule has 0 heterocycles. The first-order valence-electron chi connectivity index (χ1n) is 7.21. The van der Waals surface area contributed by atoms with Gasteiger partial charge in [-0.2, -0.15) is 0 Å². The third-order valence-corrected chi connectivity index (χ3v) is 2.46. The van der Waals surface area contributed by atoms with Crippen LogP contribution >= 0.6 is 0 Å². The molecule has 0 bridgehead atoms. The second-order valence-corrected chi connectivity index (χ2v) is 5.33. The molecule has 108 valence electrons. The number of anilines is 2. The summed E-state index contributed by atoms with van der Waals surface area (Å²) in [5, 5.41) is 6.61. The molecule has 0 spiro atoms. The Bertz CT molecular complexity index is 404. The Labute approximate surface area is 123 Å². The zero-order valence-electron chi connectivity index (χ0n) is 12.9. The number of benzene rings is 2. The molecule has 0 atom stereocenters. The Kier molecular flexibility index (Phi) is 7.26. The van der Waals surface area contributed by atoms with Crippen LogP contribution in [0, 0.1) is 0 Å². The highest BCUT2D eigenvalue weighted by atomic mass is 14.9. The van der Waals surface area contributed by atoms with Gasteiger partial charge in [0.25, 0.3) is 0 Å². The van der Waals surface area contributed by atoms with E-state index in [4.69, 9.17) is 0 Å². The highest BCUT2D eigenvalue weighted by Gasteiger charge is 1.91. The zero-order chi connectivity index (χ0) is 14.8. The Morgan fingerprint density at radius 2 is 0.850 bits per heavy atom. The maximum absolute atomic E-state index is 3.30. The van der Waals surface area contributed by atoms with E-state index >= 15 is 0 Å². The van der Waals surface area contributed by atoms with Gasteiger partial charge in [0, 0.05) is 23.5 Å². The smallest absolute Gasteiger partial charge is 0.0342 e. The fourth-order valence-electron chi connectivity index (χ4n) is 1.74. The van der Waals surface area contributed by atoms with Crippen LogP contribution in [0.25, 0.3) is 0 Å². The molecule has 0 aliphatic heterocycles. The number of hydrogen-bond acceptors (Lipinski definition) is 2. The molecule has 2 rings (SSSR count). The minimum atomic E-state index is 0.516. The molecule has 2 nitrogen and oxygen atoms in total. The van der Waals surface area contributed by atoms with Crippen LogP contribution in [0.2, 0.25) is 0 Å². The molecule has 2 N–H and O–H groups in total. The summed E-state index contributed by atoms with van der Waals surface area (Å²) in [5.74, 6) is 0. The molecular weight excluding hydrogens is 244 g/mol. The summed E-state index contributed by atoms with van der Waals surface area (Å²) >= 11 is 0. The van der Waals surface area contributed by atoms with Crippen molar-refractivity contribution in [3.05, 3.63) is 60.7 Å². The summed E-state index contributed by atoms with van der Waals surface area (Å²) in [6.07, 6.45) is 0. The number of para-hydroxylation sites is 2. The van der Waals surface area contributed by atoms with Crippen molar-refractivity contribution >= 4 is 11.4 Å². The Morgan fingerprint density at radius 1 is 0.550 bits per heavy atom. The van der Waals surface area contributed by atoms with Crippen molar-refractivity contribution in [3.63, 3.8) is 0 Å². The van der Waals surface area contributed by atoms with E-state index in [9.17, 15) is 0 Å². The van der Waals surface area contributed by atoms with E-state index < -0.39 is 0 Å². The molecular formula is C18H26N2. The van der Waals surface area contributed by atoms with Gasteiger partial charge in [-0.3, -0.25) is 0 Å². The second kappa shape index (κ2) is 9.03. The van der Waals surface area contributed by atoms with Crippen LogP contribution in [0.15, 0.2) is 60.7 Å². The van der Waals surface area contributed by atoms with Gasteiger partial charge in [0.15, 0.2) is 0 Å². The van der Waals surface area contributed by atoms with Crippen molar-refractivity contribution in [2.24, 2.45) is 0 Å². The first-order valence-corrected chi connectivity index (χ1v) is 7.21. The van der Waals surface area contributed by atoms with Gasteiger partial charge in [0.05, 0.1) is 0 Å². The molecule has 0 saturated carbocycles. The SMILES string of the molecule is CC(C)Nc1ccccc1.CC(C)Nc1ccccc1. The summed E-state index contributed by atoms with van der Waals surface area (Å²) in [5.41, 5.74) is 2.38. The third kappa shape index (κ3) is 7.47. The summed E-state index contributed by atoms with van der Waals surface area (Å²) in [7, 11) is 0. The molecule has 0 radical (unpaired) electrons. The third-order valence-electron chi connectivity index (χ3n) is 2.46. The fourth-order valence-corrected chi connectivity index (χ4v) is 1.74. The maximum Gasteiger partial charge on any atom is 0.0342 e. The van der Waals surface area contributed by atoms with E-state index in [-0.39, 0.29) is 0 Å². The van der Waals surface area contributed by atoms with Crippen molar-refractivity contribution in [1.29, 1.82) is 0 Å². The van der Waals surface area contributed by atoms with E-state index in [2.05, 4.69) is 62.6 Å².